The maximum absolute atomic E-state index is 2.46. The van der Waals surface area contributed by atoms with Crippen LogP contribution in [0.1, 0.15) is 18.4 Å². The average Bonchev–Trinajstić information content (AvgIpc) is 3.90. The first kappa shape index (κ1) is 34.1. The standard InChI is InChI=1S/C58H36S2/c1-2-17-35(18-3-1)52-36-19-4-6-21-38(36)53(39-22-7-5-20-37(39)52)46-29-16-34-51-57(46)48-31-14-30-47(58(48)60-51)55-42-25-10-8-23-40(42)54(41-24-9-11-26-43(41)55)45-28-15-33-50-56(45)44-27-12-13-32-49(44)59-50/h1-14,16-27,29-34H,15,28H2. The van der Waals surface area contributed by atoms with Gasteiger partial charge in [0.1, 0.15) is 0 Å². The van der Waals surface area contributed by atoms with Crippen molar-refractivity contribution < 1.29 is 0 Å². The van der Waals surface area contributed by atoms with Crippen molar-refractivity contribution in [2.24, 2.45) is 0 Å². The fourth-order valence-electron chi connectivity index (χ4n) is 10.6. The lowest BCUT2D eigenvalue weighted by Crippen LogP contribution is -2.25. The quantitative estimate of drug-likeness (QED) is 0.156. The molecule has 0 spiro atoms. The van der Waals surface area contributed by atoms with Crippen molar-refractivity contribution in [1.82, 2.24) is 0 Å². The van der Waals surface area contributed by atoms with Crippen LogP contribution in [0.4, 0.5) is 0 Å². The van der Waals surface area contributed by atoms with Crippen molar-refractivity contribution in [3.8, 4) is 33.4 Å². The second kappa shape index (κ2) is 13.3. The molecule has 2 aromatic heterocycles. The molecule has 2 heterocycles. The molecule has 10 aromatic carbocycles. The molecule has 0 amide bonds. The highest BCUT2D eigenvalue weighted by Gasteiger charge is 2.24. The van der Waals surface area contributed by atoms with Crippen LogP contribution in [-0.2, 0) is 0 Å². The second-order valence-electron chi connectivity index (χ2n) is 16.1. The molecule has 2 heteroatoms. The van der Waals surface area contributed by atoms with Gasteiger partial charge in [-0.3, -0.25) is 0 Å². The van der Waals surface area contributed by atoms with Crippen LogP contribution in [-0.4, -0.2) is 0 Å². The molecule has 0 unspecified atom stereocenters. The third-order valence-corrected chi connectivity index (χ3v) is 15.3. The van der Waals surface area contributed by atoms with E-state index in [2.05, 4.69) is 194 Å². The summed E-state index contributed by atoms with van der Waals surface area (Å²) >= 11 is 3.87. The van der Waals surface area contributed by atoms with Crippen molar-refractivity contribution in [2.45, 2.75) is 12.8 Å². The molecule has 0 fully saturated rings. The fourth-order valence-corrected chi connectivity index (χ4v) is 13.0. The van der Waals surface area contributed by atoms with Crippen LogP contribution in [0.5, 0.6) is 0 Å². The number of thiophene rings is 2. The van der Waals surface area contributed by atoms with Crippen LogP contribution >= 0.6 is 22.7 Å². The molecule has 1 aliphatic rings. The van der Waals surface area contributed by atoms with Gasteiger partial charge in [-0.1, -0.05) is 182 Å². The van der Waals surface area contributed by atoms with Crippen molar-refractivity contribution >= 4 is 108 Å². The molecule has 60 heavy (non-hydrogen) atoms. The van der Waals surface area contributed by atoms with Crippen LogP contribution in [0.2, 0.25) is 0 Å². The van der Waals surface area contributed by atoms with Crippen molar-refractivity contribution in [2.75, 3.05) is 0 Å². The van der Waals surface area contributed by atoms with E-state index in [9.17, 15) is 0 Å². The van der Waals surface area contributed by atoms with Gasteiger partial charge in [0, 0.05) is 45.6 Å². The number of hydrogen-bond acceptors (Lipinski definition) is 2. The van der Waals surface area contributed by atoms with Gasteiger partial charge in [0.2, 0.25) is 0 Å². The Labute approximate surface area is 355 Å². The Hall–Kier alpha value is -6.84. The zero-order valence-electron chi connectivity index (χ0n) is 32.7. The Morgan fingerprint density at radius 3 is 1.43 bits per heavy atom. The predicted octanol–water partition coefficient (Wildman–Crippen LogP) is 15.7. The Balaban J connectivity index is 1.12. The molecule has 13 rings (SSSR count). The monoisotopic (exact) mass is 796 g/mol. The van der Waals surface area contributed by atoms with Gasteiger partial charge in [-0.25, -0.2) is 0 Å². The van der Waals surface area contributed by atoms with Crippen LogP contribution in [0.15, 0.2) is 188 Å². The summed E-state index contributed by atoms with van der Waals surface area (Å²) in [6.07, 6.45) is 4.55. The Morgan fingerprint density at radius 2 is 0.800 bits per heavy atom. The summed E-state index contributed by atoms with van der Waals surface area (Å²) in [5.41, 5.74) is 10.6. The van der Waals surface area contributed by atoms with Gasteiger partial charge < -0.3 is 0 Å². The molecule has 0 nitrogen and oxygen atoms in total. The van der Waals surface area contributed by atoms with Gasteiger partial charge >= 0.3 is 0 Å². The Bertz CT molecular complexity index is 3770. The highest BCUT2D eigenvalue weighted by Crippen LogP contribution is 2.51. The first-order chi connectivity index (χ1) is 29.8. The summed E-state index contributed by atoms with van der Waals surface area (Å²) in [5.74, 6) is 0. The molecule has 0 saturated carbocycles. The van der Waals surface area contributed by atoms with Crippen molar-refractivity contribution in [3.05, 3.63) is 203 Å². The molecular weight excluding hydrogens is 761 g/mol. The second-order valence-corrected chi connectivity index (χ2v) is 18.2. The summed E-state index contributed by atoms with van der Waals surface area (Å²) < 4.78 is 5.43. The van der Waals surface area contributed by atoms with Gasteiger partial charge in [-0.2, -0.15) is 0 Å². The zero-order valence-corrected chi connectivity index (χ0v) is 34.3. The normalized spacial score (nSPS) is 13.0. The van der Waals surface area contributed by atoms with E-state index in [-0.39, 0.29) is 0 Å². The van der Waals surface area contributed by atoms with E-state index in [0.29, 0.717) is 0 Å². The van der Waals surface area contributed by atoms with Gasteiger partial charge in [0.05, 0.1) is 0 Å². The maximum atomic E-state index is 2.46. The first-order valence-electron chi connectivity index (χ1n) is 20.9. The number of rotatable bonds is 4. The van der Waals surface area contributed by atoms with E-state index in [4.69, 9.17) is 0 Å². The highest BCUT2D eigenvalue weighted by molar-refractivity contribution is 7.26. The average molecular weight is 797 g/mol. The van der Waals surface area contributed by atoms with Crippen LogP contribution in [0, 0.1) is 0 Å². The predicted molar refractivity (Wildman–Crippen MR) is 263 cm³/mol. The molecule has 0 radical (unpaired) electrons. The molecule has 12 aromatic rings. The van der Waals surface area contributed by atoms with Crippen molar-refractivity contribution in [3.63, 3.8) is 0 Å². The Kier molecular flexibility index (Phi) is 7.57. The van der Waals surface area contributed by atoms with E-state index in [1.165, 1.54) is 128 Å². The zero-order chi connectivity index (χ0) is 39.3. The molecule has 1 aliphatic carbocycles. The topological polar surface area (TPSA) is 0 Å². The summed E-state index contributed by atoms with van der Waals surface area (Å²) in [6.45, 7) is 0. The molecule has 0 atom stereocenters. The number of benzene rings is 10. The lowest BCUT2D eigenvalue weighted by Gasteiger charge is -2.20. The van der Waals surface area contributed by atoms with E-state index in [1.807, 2.05) is 22.7 Å². The van der Waals surface area contributed by atoms with Crippen LogP contribution in [0.3, 0.4) is 0 Å². The lowest BCUT2D eigenvalue weighted by atomic mass is 9.83. The lowest BCUT2D eigenvalue weighted by molar-refractivity contribution is 1.09. The third-order valence-electron chi connectivity index (χ3n) is 12.9. The minimum Gasteiger partial charge on any atom is -0.136 e. The van der Waals surface area contributed by atoms with Gasteiger partial charge in [-0.15, -0.1) is 22.7 Å². The highest BCUT2D eigenvalue weighted by atomic mass is 32.1. The summed E-state index contributed by atoms with van der Waals surface area (Å²) in [7, 11) is 0. The Morgan fingerprint density at radius 1 is 0.333 bits per heavy atom. The molecule has 0 aliphatic heterocycles. The third kappa shape index (κ3) is 4.90. The largest absolute Gasteiger partial charge is 0.136 e. The van der Waals surface area contributed by atoms with Crippen LogP contribution in [0.25, 0.3) is 118 Å². The minimum atomic E-state index is 1.03. The summed E-state index contributed by atoms with van der Waals surface area (Å²) in [4.78, 5) is 0. The van der Waals surface area contributed by atoms with Gasteiger partial charge in [0.25, 0.3) is 0 Å². The van der Waals surface area contributed by atoms with Crippen LogP contribution < -0.4 is 9.75 Å². The number of fused-ring (bicyclic) bond motifs is 10. The first-order valence-corrected chi connectivity index (χ1v) is 22.5. The molecular formula is C58H36S2. The summed E-state index contributed by atoms with van der Waals surface area (Å²) in [6, 6.07) is 70.3. The van der Waals surface area contributed by atoms with Gasteiger partial charge in [-0.05, 0) is 107 Å². The van der Waals surface area contributed by atoms with Crippen molar-refractivity contribution in [1.29, 1.82) is 0 Å². The number of hydrogen-bond donors (Lipinski definition) is 0. The maximum Gasteiger partial charge on any atom is 0.0434 e. The molecule has 0 saturated heterocycles. The molecule has 0 N–H and O–H groups in total. The smallest absolute Gasteiger partial charge is 0.0434 e. The van der Waals surface area contributed by atoms with E-state index < -0.39 is 0 Å². The summed E-state index contributed by atoms with van der Waals surface area (Å²) in [5, 5.41) is 15.9. The van der Waals surface area contributed by atoms with Gasteiger partial charge in [0.15, 0.2) is 0 Å². The van der Waals surface area contributed by atoms with E-state index >= 15 is 0 Å². The molecule has 0 bridgehead atoms. The van der Waals surface area contributed by atoms with E-state index in [1.54, 1.807) is 0 Å². The van der Waals surface area contributed by atoms with E-state index in [0.717, 1.165) is 12.8 Å². The minimum absolute atomic E-state index is 1.03. The molecule has 280 valence electrons. The fraction of sp³-hybridized carbons (Fsp3) is 0.0345. The SMILES string of the molecule is C1=c2sc3ccccc3c2=C(c2c3ccccc3c(-c3cccc4c3sc3cccc(-c5c6ccccc6c(-c6ccccc6)c6ccccc56)c34)c3ccccc23)CC1.